The smallest absolute Gasteiger partial charge is 0.272 e. The average Bonchev–Trinajstić information content (AvgIpc) is 3.30. The fraction of sp³-hybridized carbons (Fsp3) is 0.222. The Morgan fingerprint density at radius 3 is 2.33 bits per heavy atom. The van der Waals surface area contributed by atoms with Gasteiger partial charge in [-0.05, 0) is 66.3 Å². The molecule has 0 fully saturated rings. The highest BCUT2D eigenvalue weighted by atomic mass is 19.1. The molecule has 0 radical (unpaired) electrons. The molecule has 5 nitrogen and oxygen atoms in total. The minimum absolute atomic E-state index is 0.238. The largest absolute Gasteiger partial charge is 0.494 e. The molecule has 0 saturated carbocycles. The minimum Gasteiger partial charge on any atom is -0.494 e. The van der Waals surface area contributed by atoms with Gasteiger partial charge in [-0.15, -0.1) is 5.10 Å². The molecular weight excluding hydrogens is 417 g/mol. The fourth-order valence-corrected chi connectivity index (χ4v) is 3.54. The number of nitrogens with zero attached hydrogens (tertiary/aromatic N) is 3. The van der Waals surface area contributed by atoms with Crippen LogP contribution in [0.15, 0.2) is 78.9 Å². The Morgan fingerprint density at radius 1 is 0.879 bits per heavy atom. The molecule has 0 bridgehead atoms. The molecule has 1 heterocycles. The summed E-state index contributed by atoms with van der Waals surface area (Å²) in [6.07, 6.45) is 6.75. The van der Waals surface area contributed by atoms with E-state index < -0.39 is 0 Å². The van der Waals surface area contributed by atoms with E-state index in [1.807, 2.05) is 72.8 Å². The van der Waals surface area contributed by atoms with Crippen LogP contribution in [0, 0.1) is 0 Å². The maximum atomic E-state index is 12.5. The summed E-state index contributed by atoms with van der Waals surface area (Å²) in [6, 6.07) is 23.3. The number of hydrogen-bond donors (Lipinski definition) is 0. The molecule has 0 saturated heterocycles. The fourth-order valence-electron chi connectivity index (χ4n) is 3.54. The highest BCUT2D eigenvalue weighted by Crippen LogP contribution is 2.23. The monoisotopic (exact) mass is 443 g/mol. The van der Waals surface area contributed by atoms with Gasteiger partial charge in [-0.3, -0.25) is 9.18 Å². The number of carbonyl (C=O) groups excluding carboxylic acids is 1. The van der Waals surface area contributed by atoms with Crippen molar-refractivity contribution in [1.82, 2.24) is 15.0 Å². The maximum absolute atomic E-state index is 12.5. The van der Waals surface area contributed by atoms with Crippen LogP contribution in [0.5, 0.6) is 5.75 Å². The van der Waals surface area contributed by atoms with Crippen molar-refractivity contribution in [3.05, 3.63) is 84.4 Å². The van der Waals surface area contributed by atoms with Crippen molar-refractivity contribution in [2.24, 2.45) is 0 Å². The molecular formula is C27H26FN3O2. The van der Waals surface area contributed by atoms with Crippen LogP contribution in [0.3, 0.4) is 0 Å². The van der Waals surface area contributed by atoms with Crippen LogP contribution in [0.4, 0.5) is 4.39 Å². The Balaban J connectivity index is 1.33. The first-order valence-electron chi connectivity index (χ1n) is 11.2. The number of benzene rings is 3. The summed E-state index contributed by atoms with van der Waals surface area (Å²) in [5, 5.41) is 7.96. The lowest BCUT2D eigenvalue weighted by Crippen LogP contribution is -2.08. The zero-order valence-electron chi connectivity index (χ0n) is 18.4. The van der Waals surface area contributed by atoms with Gasteiger partial charge in [-0.25, -0.2) is 0 Å². The normalized spacial score (nSPS) is 11.3. The number of ether oxygens (including phenoxy) is 1. The summed E-state index contributed by atoms with van der Waals surface area (Å²) >= 11 is 0. The van der Waals surface area contributed by atoms with E-state index in [0.29, 0.717) is 24.1 Å². The Kier molecular flexibility index (Phi) is 7.59. The second kappa shape index (κ2) is 11.2. The first kappa shape index (κ1) is 22.4. The van der Waals surface area contributed by atoms with E-state index in [9.17, 15) is 9.18 Å². The van der Waals surface area contributed by atoms with Crippen molar-refractivity contribution in [1.29, 1.82) is 0 Å². The van der Waals surface area contributed by atoms with Crippen LogP contribution in [0.2, 0.25) is 0 Å². The van der Waals surface area contributed by atoms with Crippen molar-refractivity contribution < 1.29 is 13.9 Å². The van der Waals surface area contributed by atoms with Crippen LogP contribution in [-0.4, -0.2) is 34.2 Å². The van der Waals surface area contributed by atoms with Gasteiger partial charge in [-0.2, -0.15) is 4.68 Å². The van der Waals surface area contributed by atoms with Crippen LogP contribution < -0.4 is 4.74 Å². The Hall–Kier alpha value is -3.80. The van der Waals surface area contributed by atoms with E-state index in [4.69, 9.17) is 4.74 Å². The predicted octanol–water partition coefficient (Wildman–Crippen LogP) is 6.36. The quantitative estimate of drug-likeness (QED) is 0.211. The second-order valence-corrected chi connectivity index (χ2v) is 7.76. The van der Waals surface area contributed by atoms with Crippen molar-refractivity contribution in [3.63, 3.8) is 0 Å². The molecule has 0 atom stereocenters. The number of hydrogen-bond acceptors (Lipinski definition) is 4. The number of unbranched alkanes of at least 4 members (excludes halogenated alkanes) is 3. The summed E-state index contributed by atoms with van der Waals surface area (Å²) in [5.41, 5.74) is 4.47. The van der Waals surface area contributed by atoms with E-state index >= 15 is 0 Å². The van der Waals surface area contributed by atoms with Crippen molar-refractivity contribution in [2.45, 2.75) is 25.7 Å². The molecule has 0 spiro atoms. The molecule has 0 aliphatic carbocycles. The Morgan fingerprint density at radius 2 is 1.58 bits per heavy atom. The van der Waals surface area contributed by atoms with Crippen molar-refractivity contribution in [2.75, 3.05) is 13.3 Å². The molecule has 33 heavy (non-hydrogen) atoms. The number of carbonyl (C=O) groups is 1. The van der Waals surface area contributed by atoms with Gasteiger partial charge in [0, 0.05) is 6.08 Å². The Bertz CT molecular complexity index is 1210. The molecule has 168 valence electrons. The minimum atomic E-state index is -0.245. The van der Waals surface area contributed by atoms with E-state index in [-0.39, 0.29) is 12.6 Å². The first-order valence-corrected chi connectivity index (χ1v) is 11.2. The van der Waals surface area contributed by atoms with Crippen LogP contribution in [0.25, 0.3) is 28.2 Å². The van der Waals surface area contributed by atoms with Gasteiger partial charge in [0.1, 0.15) is 11.3 Å². The van der Waals surface area contributed by atoms with Crippen molar-refractivity contribution >= 4 is 23.0 Å². The molecule has 3 aromatic carbocycles. The molecule has 0 aliphatic rings. The van der Waals surface area contributed by atoms with Gasteiger partial charge in [0.05, 0.1) is 18.8 Å². The number of alkyl halides is 1. The van der Waals surface area contributed by atoms with Gasteiger partial charge in [-0.1, -0.05) is 60.2 Å². The van der Waals surface area contributed by atoms with Gasteiger partial charge < -0.3 is 4.74 Å². The Labute approximate surface area is 192 Å². The number of fused-ring (bicyclic) bond motifs is 1. The summed E-state index contributed by atoms with van der Waals surface area (Å²) in [5.74, 6) is 0.591. The number of para-hydroxylation sites is 1. The van der Waals surface area contributed by atoms with Gasteiger partial charge in [0.15, 0.2) is 0 Å². The van der Waals surface area contributed by atoms with Gasteiger partial charge >= 0.3 is 0 Å². The highest BCUT2D eigenvalue weighted by Gasteiger charge is 2.08. The number of halogens is 1. The van der Waals surface area contributed by atoms with E-state index in [1.54, 1.807) is 6.08 Å². The lowest BCUT2D eigenvalue weighted by atomic mass is 10.0. The van der Waals surface area contributed by atoms with Crippen LogP contribution in [-0.2, 0) is 0 Å². The summed E-state index contributed by atoms with van der Waals surface area (Å²) in [7, 11) is 0. The van der Waals surface area contributed by atoms with Crippen molar-refractivity contribution in [3.8, 4) is 16.9 Å². The lowest BCUT2D eigenvalue weighted by molar-refractivity contribution is 0.0958. The zero-order valence-corrected chi connectivity index (χ0v) is 18.4. The molecule has 0 amide bonds. The second-order valence-electron chi connectivity index (χ2n) is 7.76. The molecule has 4 rings (SSSR count). The molecule has 0 aliphatic heterocycles. The van der Waals surface area contributed by atoms with Gasteiger partial charge in [0.25, 0.3) is 5.91 Å². The standard InChI is InChI=1S/C27H26FN3O2/c28-19-5-1-2-6-20-33-24-16-14-23(15-17-24)22-12-9-21(10-13-22)11-18-27(32)31-26-8-4-3-7-25(26)29-30-31/h3-4,7-18H,1-2,5-6,19-20H2/b18-11+. The van der Waals surface area contributed by atoms with E-state index in [0.717, 1.165) is 41.7 Å². The average molecular weight is 444 g/mol. The molecule has 0 N–H and O–H groups in total. The molecule has 6 heteroatoms. The lowest BCUT2D eigenvalue weighted by Gasteiger charge is -2.08. The van der Waals surface area contributed by atoms with E-state index in [1.165, 1.54) is 10.8 Å². The topological polar surface area (TPSA) is 57.0 Å². The van der Waals surface area contributed by atoms with Crippen LogP contribution in [0.1, 0.15) is 36.0 Å². The third-order valence-electron chi connectivity index (χ3n) is 5.37. The number of rotatable bonds is 10. The predicted molar refractivity (Wildman–Crippen MR) is 129 cm³/mol. The highest BCUT2D eigenvalue weighted by molar-refractivity contribution is 5.98. The SMILES string of the molecule is O=C(/C=C/c1ccc(-c2ccc(OCCCCCCF)cc2)cc1)n1nnc2ccccc21. The first-order chi connectivity index (χ1) is 16.2. The third kappa shape index (κ3) is 5.92. The molecule has 0 unspecified atom stereocenters. The third-order valence-corrected chi connectivity index (χ3v) is 5.37. The summed E-state index contributed by atoms with van der Waals surface area (Å²) in [4.78, 5) is 12.5. The summed E-state index contributed by atoms with van der Waals surface area (Å²) in [6.45, 7) is 0.411. The molecule has 1 aromatic heterocycles. The molecule has 4 aromatic rings. The summed E-state index contributed by atoms with van der Waals surface area (Å²) < 4.78 is 19.1. The van der Waals surface area contributed by atoms with Gasteiger partial charge in [0.2, 0.25) is 0 Å². The zero-order chi connectivity index (χ0) is 22.9. The number of allylic oxidation sites excluding steroid dienone is 1. The maximum Gasteiger partial charge on any atom is 0.272 e. The van der Waals surface area contributed by atoms with Crippen LogP contribution >= 0.6 is 0 Å². The number of aromatic nitrogens is 3. The van der Waals surface area contributed by atoms with E-state index in [2.05, 4.69) is 10.3 Å².